The number of H-pyrrole nitrogens is 1. The smallest absolute Gasteiger partial charge is 0.261 e. The molecule has 1 aromatic heterocycles. The summed E-state index contributed by atoms with van der Waals surface area (Å²) in [7, 11) is 0. The minimum absolute atomic E-state index is 0.178. The number of hydrogen-bond donors (Lipinski definition) is 4. The van der Waals surface area contributed by atoms with Gasteiger partial charge in [-0.1, -0.05) is 0 Å². The number of aliphatic hydroxyl groups excluding tert-OH is 1. The number of nitrogens with one attached hydrogen (secondary N) is 3. The molecule has 1 saturated heterocycles. The van der Waals surface area contributed by atoms with Crippen molar-refractivity contribution in [2.75, 3.05) is 18.5 Å². The molecule has 1 unspecified atom stereocenters. The fraction of sp³-hybridized carbons (Fsp3) is 0.643. The Balaban J connectivity index is 1.88. The Hall–Kier alpha value is -1.73. The Morgan fingerprint density at radius 1 is 1.38 bits per heavy atom. The van der Waals surface area contributed by atoms with E-state index in [1.807, 2.05) is 0 Å². The van der Waals surface area contributed by atoms with Gasteiger partial charge in [0.1, 0.15) is 17.7 Å². The molecular weight excluding hydrogens is 272 g/mol. The minimum Gasteiger partial charge on any atom is -0.385 e. The standard InChI is InChI=1S/C14H20N4O3/c15-7-10-12(16-9-3-5-21-6-4-9)17-13(18-14(10)20)11(19)8-1-2-8/h7-9,11,15,19H,1-6H2,(H2,16,17,18,20). The molecule has 3 rings (SSSR count). The molecule has 0 spiro atoms. The van der Waals surface area contributed by atoms with Gasteiger partial charge in [0.2, 0.25) is 0 Å². The average molecular weight is 292 g/mol. The summed E-state index contributed by atoms with van der Waals surface area (Å²) in [6, 6.07) is 0.178. The lowest BCUT2D eigenvalue weighted by Crippen LogP contribution is -2.31. The number of aromatic amines is 1. The van der Waals surface area contributed by atoms with Crippen molar-refractivity contribution in [1.29, 1.82) is 5.41 Å². The fourth-order valence-corrected chi connectivity index (χ4v) is 2.55. The topological polar surface area (TPSA) is 111 Å². The van der Waals surface area contributed by atoms with Crippen LogP contribution >= 0.6 is 0 Å². The molecular formula is C14H20N4O3. The Kier molecular flexibility index (Phi) is 4.03. The molecule has 7 nitrogen and oxygen atoms in total. The zero-order chi connectivity index (χ0) is 14.8. The van der Waals surface area contributed by atoms with E-state index in [4.69, 9.17) is 10.1 Å². The first-order valence-electron chi connectivity index (χ1n) is 7.36. The molecule has 2 aliphatic rings. The Morgan fingerprint density at radius 3 is 2.71 bits per heavy atom. The lowest BCUT2D eigenvalue weighted by Gasteiger charge is -2.24. The van der Waals surface area contributed by atoms with Crippen LogP contribution in [0.1, 0.15) is 43.2 Å². The highest BCUT2D eigenvalue weighted by atomic mass is 16.5. The van der Waals surface area contributed by atoms with Gasteiger partial charge in [-0.15, -0.1) is 0 Å². The third-order valence-electron chi connectivity index (χ3n) is 4.03. The highest BCUT2D eigenvalue weighted by Crippen LogP contribution is 2.39. The van der Waals surface area contributed by atoms with Crippen LogP contribution in [0.15, 0.2) is 4.79 Å². The highest BCUT2D eigenvalue weighted by Gasteiger charge is 2.33. The van der Waals surface area contributed by atoms with Crippen LogP contribution in [0.25, 0.3) is 0 Å². The van der Waals surface area contributed by atoms with E-state index in [0.29, 0.717) is 24.9 Å². The zero-order valence-corrected chi connectivity index (χ0v) is 11.8. The van der Waals surface area contributed by atoms with E-state index in [0.717, 1.165) is 31.9 Å². The van der Waals surface area contributed by atoms with E-state index in [9.17, 15) is 9.90 Å². The van der Waals surface area contributed by atoms with Crippen LogP contribution in [-0.4, -0.2) is 40.5 Å². The van der Waals surface area contributed by atoms with Gasteiger partial charge in [0, 0.05) is 25.5 Å². The molecule has 2 fully saturated rings. The van der Waals surface area contributed by atoms with Gasteiger partial charge in [-0.05, 0) is 31.6 Å². The molecule has 21 heavy (non-hydrogen) atoms. The van der Waals surface area contributed by atoms with Crippen molar-refractivity contribution in [3.8, 4) is 0 Å². The quantitative estimate of drug-likeness (QED) is 0.600. The van der Waals surface area contributed by atoms with Gasteiger partial charge >= 0.3 is 0 Å². The van der Waals surface area contributed by atoms with E-state index in [2.05, 4.69) is 15.3 Å². The van der Waals surface area contributed by atoms with Gasteiger partial charge < -0.3 is 25.6 Å². The molecule has 7 heteroatoms. The van der Waals surface area contributed by atoms with Crippen LogP contribution in [0.4, 0.5) is 5.82 Å². The summed E-state index contributed by atoms with van der Waals surface area (Å²) in [5, 5.41) is 20.8. The first kappa shape index (κ1) is 14.2. The SMILES string of the molecule is N=Cc1c(NC2CCOCC2)nc(C(O)C2CC2)[nH]c1=O. The summed E-state index contributed by atoms with van der Waals surface area (Å²) in [5.74, 6) is 0.868. The number of anilines is 1. The molecule has 0 radical (unpaired) electrons. The van der Waals surface area contributed by atoms with Crippen LogP contribution in [-0.2, 0) is 4.74 Å². The van der Waals surface area contributed by atoms with Crippen LogP contribution in [0.2, 0.25) is 0 Å². The first-order chi connectivity index (χ1) is 10.2. The Morgan fingerprint density at radius 2 is 2.10 bits per heavy atom. The molecule has 1 aromatic rings. The number of rotatable bonds is 5. The van der Waals surface area contributed by atoms with Gasteiger partial charge in [-0.3, -0.25) is 4.79 Å². The van der Waals surface area contributed by atoms with Crippen molar-refractivity contribution >= 4 is 12.0 Å². The summed E-state index contributed by atoms with van der Waals surface area (Å²) in [5.41, 5.74) is -0.183. The lowest BCUT2D eigenvalue weighted by atomic mass is 10.1. The van der Waals surface area contributed by atoms with E-state index < -0.39 is 6.10 Å². The van der Waals surface area contributed by atoms with Crippen molar-refractivity contribution in [3.05, 3.63) is 21.7 Å². The van der Waals surface area contributed by atoms with E-state index in [1.165, 1.54) is 0 Å². The largest absolute Gasteiger partial charge is 0.385 e. The zero-order valence-electron chi connectivity index (χ0n) is 11.8. The van der Waals surface area contributed by atoms with E-state index in [-0.39, 0.29) is 23.1 Å². The van der Waals surface area contributed by atoms with Gasteiger partial charge in [0.15, 0.2) is 0 Å². The number of nitrogens with zero attached hydrogens (tertiary/aromatic N) is 1. The number of hydrogen-bond acceptors (Lipinski definition) is 6. The summed E-state index contributed by atoms with van der Waals surface area (Å²) in [4.78, 5) is 19.0. The highest BCUT2D eigenvalue weighted by molar-refractivity contribution is 5.83. The van der Waals surface area contributed by atoms with E-state index in [1.54, 1.807) is 0 Å². The first-order valence-corrected chi connectivity index (χ1v) is 7.36. The van der Waals surface area contributed by atoms with Gasteiger partial charge in [0.25, 0.3) is 5.56 Å². The molecule has 4 N–H and O–H groups in total. The summed E-state index contributed by atoms with van der Waals surface area (Å²) in [6.45, 7) is 1.36. The molecule has 1 aliphatic heterocycles. The summed E-state index contributed by atoms with van der Waals surface area (Å²) >= 11 is 0. The Labute approximate surface area is 122 Å². The number of aromatic nitrogens is 2. The maximum atomic E-state index is 12.1. The van der Waals surface area contributed by atoms with Gasteiger partial charge in [-0.2, -0.15) is 0 Å². The van der Waals surface area contributed by atoms with Crippen molar-refractivity contribution in [2.24, 2.45) is 5.92 Å². The molecule has 1 aliphatic carbocycles. The molecule has 0 aromatic carbocycles. The fourth-order valence-electron chi connectivity index (χ4n) is 2.55. The van der Waals surface area contributed by atoms with E-state index >= 15 is 0 Å². The second-order valence-electron chi connectivity index (χ2n) is 5.67. The summed E-state index contributed by atoms with van der Waals surface area (Å²) in [6.07, 6.45) is 3.87. The van der Waals surface area contributed by atoms with Crippen molar-refractivity contribution in [2.45, 2.75) is 37.8 Å². The molecule has 2 heterocycles. The van der Waals surface area contributed by atoms with Crippen LogP contribution in [0.3, 0.4) is 0 Å². The minimum atomic E-state index is -0.729. The third-order valence-corrected chi connectivity index (χ3v) is 4.03. The third kappa shape index (κ3) is 3.14. The van der Waals surface area contributed by atoms with Crippen LogP contribution in [0.5, 0.6) is 0 Å². The Bertz CT molecular complexity index is 576. The molecule has 1 saturated carbocycles. The van der Waals surface area contributed by atoms with Crippen LogP contribution < -0.4 is 10.9 Å². The number of ether oxygens (including phenoxy) is 1. The van der Waals surface area contributed by atoms with Gasteiger partial charge in [-0.25, -0.2) is 4.98 Å². The maximum absolute atomic E-state index is 12.1. The second kappa shape index (κ2) is 5.95. The molecule has 114 valence electrons. The monoisotopic (exact) mass is 292 g/mol. The predicted octanol–water partition coefficient (Wildman–Crippen LogP) is 0.802. The normalized spacial score (nSPS) is 21.0. The average Bonchev–Trinajstić information content (AvgIpc) is 3.32. The van der Waals surface area contributed by atoms with Crippen molar-refractivity contribution < 1.29 is 9.84 Å². The maximum Gasteiger partial charge on any atom is 0.261 e. The lowest BCUT2D eigenvalue weighted by molar-refractivity contribution is 0.0903. The molecule has 0 bridgehead atoms. The van der Waals surface area contributed by atoms with Crippen molar-refractivity contribution in [3.63, 3.8) is 0 Å². The second-order valence-corrected chi connectivity index (χ2v) is 5.67. The summed E-state index contributed by atoms with van der Waals surface area (Å²) < 4.78 is 5.31. The van der Waals surface area contributed by atoms with Gasteiger partial charge in [0.05, 0.1) is 5.56 Å². The van der Waals surface area contributed by atoms with Crippen molar-refractivity contribution in [1.82, 2.24) is 9.97 Å². The molecule has 1 atom stereocenters. The molecule has 0 amide bonds. The number of aliphatic hydroxyl groups is 1. The predicted molar refractivity (Wildman–Crippen MR) is 77.9 cm³/mol. The van der Waals surface area contributed by atoms with Crippen LogP contribution in [0, 0.1) is 11.3 Å².